The van der Waals surface area contributed by atoms with Crippen molar-refractivity contribution < 1.29 is 4.79 Å². The summed E-state index contributed by atoms with van der Waals surface area (Å²) in [6.07, 6.45) is 1.49. The summed E-state index contributed by atoms with van der Waals surface area (Å²) in [5.41, 5.74) is 0. The normalized spacial score (nSPS) is 16.4. The average molecular weight is 303 g/mol. The topological polar surface area (TPSA) is 32.3 Å². The highest BCUT2D eigenvalue weighted by Crippen LogP contribution is 2.21. The van der Waals surface area contributed by atoms with Crippen molar-refractivity contribution in [2.75, 3.05) is 26.2 Å². The van der Waals surface area contributed by atoms with E-state index in [1.54, 1.807) is 11.3 Å². The number of halogens is 1. The van der Waals surface area contributed by atoms with Crippen LogP contribution in [0.5, 0.6) is 0 Å². The number of hydrogen-bond acceptors (Lipinski definition) is 3. The largest absolute Gasteiger partial charge is 0.340 e. The van der Waals surface area contributed by atoms with Gasteiger partial charge in [0.25, 0.3) is 0 Å². The first-order chi connectivity index (χ1) is 7.75. The molecule has 0 saturated carbocycles. The van der Waals surface area contributed by atoms with Crippen molar-refractivity contribution >= 4 is 33.2 Å². The molecule has 0 aliphatic carbocycles. The molecule has 2 rings (SSSR count). The highest BCUT2D eigenvalue weighted by molar-refractivity contribution is 9.10. The molecule has 1 saturated heterocycles. The molecule has 1 aliphatic heterocycles. The lowest BCUT2D eigenvalue weighted by atomic mass is 10.2. The summed E-state index contributed by atoms with van der Waals surface area (Å²) >= 11 is 5.13. The predicted molar refractivity (Wildman–Crippen MR) is 69.8 cm³/mol. The van der Waals surface area contributed by atoms with Gasteiger partial charge < -0.3 is 10.2 Å². The highest BCUT2D eigenvalue weighted by atomic mass is 79.9. The van der Waals surface area contributed by atoms with Crippen LogP contribution in [0.1, 0.15) is 11.3 Å². The Morgan fingerprint density at radius 3 is 2.88 bits per heavy atom. The predicted octanol–water partition coefficient (Wildman–Crippen LogP) is 1.87. The Balaban J connectivity index is 1.78. The molecule has 1 aromatic heterocycles. The fourth-order valence-corrected chi connectivity index (χ4v) is 3.24. The van der Waals surface area contributed by atoms with Crippen molar-refractivity contribution in [2.24, 2.45) is 0 Å². The van der Waals surface area contributed by atoms with Gasteiger partial charge in [0.05, 0.1) is 0 Å². The van der Waals surface area contributed by atoms with Crippen LogP contribution in [0.3, 0.4) is 0 Å². The van der Waals surface area contributed by atoms with Gasteiger partial charge in [-0.15, -0.1) is 11.3 Å². The van der Waals surface area contributed by atoms with Gasteiger partial charge in [-0.25, -0.2) is 0 Å². The number of aryl methyl sites for hydroxylation is 1. The summed E-state index contributed by atoms with van der Waals surface area (Å²) in [5, 5.41) is 5.31. The van der Waals surface area contributed by atoms with E-state index in [1.807, 2.05) is 4.90 Å². The Labute approximate surface area is 108 Å². The Kier molecular flexibility index (Phi) is 4.37. The van der Waals surface area contributed by atoms with Gasteiger partial charge in [0.2, 0.25) is 5.91 Å². The fraction of sp³-hybridized carbons (Fsp3) is 0.545. The molecule has 5 heteroatoms. The maximum atomic E-state index is 11.9. The van der Waals surface area contributed by atoms with Crippen LogP contribution < -0.4 is 5.32 Å². The smallest absolute Gasteiger partial charge is 0.223 e. The molecular weight excluding hydrogens is 288 g/mol. The quantitative estimate of drug-likeness (QED) is 0.924. The minimum atomic E-state index is 0.283. The molecule has 1 aromatic rings. The van der Waals surface area contributed by atoms with E-state index in [-0.39, 0.29) is 5.91 Å². The highest BCUT2D eigenvalue weighted by Gasteiger charge is 2.15. The van der Waals surface area contributed by atoms with Gasteiger partial charge in [-0.2, -0.15) is 0 Å². The number of piperazine rings is 1. The maximum Gasteiger partial charge on any atom is 0.223 e. The maximum absolute atomic E-state index is 11.9. The zero-order chi connectivity index (χ0) is 11.4. The lowest BCUT2D eigenvalue weighted by molar-refractivity contribution is -0.131. The first-order valence-corrected chi connectivity index (χ1v) is 7.14. The van der Waals surface area contributed by atoms with E-state index in [0.717, 1.165) is 37.1 Å². The van der Waals surface area contributed by atoms with Crippen LogP contribution in [0.2, 0.25) is 0 Å². The number of carbonyl (C=O) groups excluding carboxylic acids is 1. The van der Waals surface area contributed by atoms with Gasteiger partial charge in [-0.1, -0.05) is 0 Å². The van der Waals surface area contributed by atoms with Crippen LogP contribution in [-0.2, 0) is 11.2 Å². The van der Waals surface area contributed by atoms with Crippen LogP contribution in [0.15, 0.2) is 15.9 Å². The Bertz CT molecular complexity index is 361. The third-order valence-electron chi connectivity index (χ3n) is 2.68. The molecule has 0 aromatic carbocycles. The van der Waals surface area contributed by atoms with E-state index in [2.05, 4.69) is 32.7 Å². The molecule has 2 heterocycles. The number of thiophene rings is 1. The van der Waals surface area contributed by atoms with Crippen molar-refractivity contribution in [1.82, 2.24) is 10.2 Å². The van der Waals surface area contributed by atoms with Crippen LogP contribution in [0.4, 0.5) is 0 Å². The molecular formula is C11H15BrN2OS. The van der Waals surface area contributed by atoms with Crippen LogP contribution in [-0.4, -0.2) is 37.0 Å². The zero-order valence-corrected chi connectivity index (χ0v) is 11.4. The molecule has 1 amide bonds. The molecule has 0 bridgehead atoms. The second-order valence-corrected chi connectivity index (χ2v) is 5.77. The zero-order valence-electron chi connectivity index (χ0n) is 9.04. The molecule has 88 valence electrons. The summed E-state index contributed by atoms with van der Waals surface area (Å²) in [7, 11) is 0. The van der Waals surface area contributed by atoms with Crippen molar-refractivity contribution in [1.29, 1.82) is 0 Å². The second kappa shape index (κ2) is 5.80. The number of hydrogen-bond donors (Lipinski definition) is 1. The summed E-state index contributed by atoms with van der Waals surface area (Å²) in [6, 6.07) is 2.09. The average Bonchev–Trinajstić information content (AvgIpc) is 2.73. The van der Waals surface area contributed by atoms with Gasteiger partial charge in [0.15, 0.2) is 0 Å². The third-order valence-corrected chi connectivity index (χ3v) is 4.43. The Morgan fingerprint density at radius 2 is 2.25 bits per heavy atom. The lowest BCUT2D eigenvalue weighted by Gasteiger charge is -2.27. The van der Waals surface area contributed by atoms with E-state index in [0.29, 0.717) is 6.42 Å². The van der Waals surface area contributed by atoms with Gasteiger partial charge >= 0.3 is 0 Å². The summed E-state index contributed by atoms with van der Waals surface area (Å²) in [5.74, 6) is 0.283. The van der Waals surface area contributed by atoms with Gasteiger partial charge in [-0.05, 0) is 28.4 Å². The van der Waals surface area contributed by atoms with Crippen LogP contribution in [0.25, 0.3) is 0 Å². The molecule has 1 fully saturated rings. The minimum Gasteiger partial charge on any atom is -0.340 e. The first-order valence-electron chi connectivity index (χ1n) is 5.47. The molecule has 0 atom stereocenters. The standard InChI is InChI=1S/C11H15BrN2OS/c12-9-7-10(16-8-9)1-2-11(15)14-5-3-13-4-6-14/h7-8,13H,1-6H2. The Morgan fingerprint density at radius 1 is 1.50 bits per heavy atom. The van der Waals surface area contributed by atoms with Crippen molar-refractivity contribution in [3.63, 3.8) is 0 Å². The van der Waals surface area contributed by atoms with Gasteiger partial charge in [0.1, 0.15) is 0 Å². The van der Waals surface area contributed by atoms with E-state index in [9.17, 15) is 4.79 Å². The lowest BCUT2D eigenvalue weighted by Crippen LogP contribution is -2.46. The molecule has 3 nitrogen and oxygen atoms in total. The Hall–Kier alpha value is -0.390. The number of nitrogens with one attached hydrogen (secondary N) is 1. The van der Waals surface area contributed by atoms with E-state index in [4.69, 9.17) is 0 Å². The number of nitrogens with zero attached hydrogens (tertiary/aromatic N) is 1. The van der Waals surface area contributed by atoms with Crippen LogP contribution >= 0.6 is 27.3 Å². The van der Waals surface area contributed by atoms with E-state index in [1.165, 1.54) is 4.88 Å². The first kappa shape index (κ1) is 12.1. The second-order valence-electron chi connectivity index (χ2n) is 3.86. The van der Waals surface area contributed by atoms with Crippen LogP contribution in [0, 0.1) is 0 Å². The fourth-order valence-electron chi connectivity index (χ4n) is 1.79. The summed E-state index contributed by atoms with van der Waals surface area (Å²) < 4.78 is 1.11. The minimum absolute atomic E-state index is 0.283. The van der Waals surface area contributed by atoms with Gasteiger partial charge in [-0.3, -0.25) is 4.79 Å². The molecule has 0 radical (unpaired) electrons. The molecule has 1 N–H and O–H groups in total. The summed E-state index contributed by atoms with van der Waals surface area (Å²) in [4.78, 5) is 15.1. The van der Waals surface area contributed by atoms with Crippen molar-refractivity contribution in [3.8, 4) is 0 Å². The molecule has 16 heavy (non-hydrogen) atoms. The number of amides is 1. The monoisotopic (exact) mass is 302 g/mol. The van der Waals surface area contributed by atoms with E-state index < -0.39 is 0 Å². The van der Waals surface area contributed by atoms with Crippen molar-refractivity contribution in [2.45, 2.75) is 12.8 Å². The number of carbonyl (C=O) groups is 1. The van der Waals surface area contributed by atoms with Gasteiger partial charge in [0, 0.05) is 47.3 Å². The molecule has 0 spiro atoms. The van der Waals surface area contributed by atoms with E-state index >= 15 is 0 Å². The third kappa shape index (κ3) is 3.30. The SMILES string of the molecule is O=C(CCc1cc(Br)cs1)N1CCNCC1. The summed E-state index contributed by atoms with van der Waals surface area (Å²) in [6.45, 7) is 3.56. The number of rotatable bonds is 3. The molecule has 0 unspecified atom stereocenters. The van der Waals surface area contributed by atoms with Crippen molar-refractivity contribution in [3.05, 3.63) is 20.8 Å². The molecule has 1 aliphatic rings.